The molecule has 12 heavy (non-hydrogen) atoms. The lowest BCUT2D eigenvalue weighted by Gasteiger charge is -2.13. The topological polar surface area (TPSA) is 51.8 Å². The molecule has 0 radical (unpaired) electrons. The molecular formula is C7H9F2N3. The number of nitrogens with two attached hydrogens (primary N) is 1. The van der Waals surface area contributed by atoms with Crippen LogP contribution in [0.2, 0.25) is 0 Å². The van der Waals surface area contributed by atoms with E-state index in [1.165, 1.54) is 6.33 Å². The van der Waals surface area contributed by atoms with Gasteiger partial charge in [0.1, 0.15) is 6.33 Å². The first-order chi connectivity index (χ1) is 5.67. The molecule has 0 saturated carbocycles. The molecule has 66 valence electrons. The van der Waals surface area contributed by atoms with E-state index in [0.29, 0.717) is 0 Å². The van der Waals surface area contributed by atoms with E-state index in [1.54, 1.807) is 0 Å². The van der Waals surface area contributed by atoms with E-state index in [4.69, 9.17) is 5.73 Å². The molecule has 1 rings (SSSR count). The van der Waals surface area contributed by atoms with Gasteiger partial charge in [0.2, 0.25) is 0 Å². The van der Waals surface area contributed by atoms with E-state index in [9.17, 15) is 8.78 Å². The Kier molecular flexibility index (Phi) is 2.65. The molecule has 1 aromatic heterocycles. The first kappa shape index (κ1) is 8.99. The Morgan fingerprint density at radius 3 is 2.42 bits per heavy atom. The standard InChI is InChI=1S/C7H9F2N3/c8-7(9,1-2-10)6-3-11-5-12-4-6/h3-5H,1-2,10H2. The number of rotatable bonds is 3. The second-order valence-corrected chi connectivity index (χ2v) is 2.37. The van der Waals surface area contributed by atoms with Gasteiger partial charge >= 0.3 is 0 Å². The summed E-state index contributed by atoms with van der Waals surface area (Å²) in [7, 11) is 0. The Morgan fingerprint density at radius 1 is 1.33 bits per heavy atom. The van der Waals surface area contributed by atoms with Crippen LogP contribution in [0.25, 0.3) is 0 Å². The van der Waals surface area contributed by atoms with E-state index < -0.39 is 5.92 Å². The summed E-state index contributed by atoms with van der Waals surface area (Å²) in [6.07, 6.45) is 3.04. The molecule has 0 aromatic carbocycles. The van der Waals surface area contributed by atoms with Gasteiger partial charge in [0, 0.05) is 18.8 Å². The lowest BCUT2D eigenvalue weighted by molar-refractivity contribution is -0.0114. The van der Waals surface area contributed by atoms with Crippen molar-refractivity contribution in [2.75, 3.05) is 6.54 Å². The number of aromatic nitrogens is 2. The lowest BCUT2D eigenvalue weighted by atomic mass is 10.1. The van der Waals surface area contributed by atoms with E-state index in [-0.39, 0.29) is 18.5 Å². The van der Waals surface area contributed by atoms with Crippen LogP contribution in [0, 0.1) is 0 Å². The monoisotopic (exact) mass is 173 g/mol. The Hall–Kier alpha value is -1.10. The summed E-state index contributed by atoms with van der Waals surface area (Å²) in [6.45, 7) is -0.0537. The van der Waals surface area contributed by atoms with Crippen molar-refractivity contribution < 1.29 is 8.78 Å². The minimum absolute atomic E-state index is 0.0537. The number of alkyl halides is 2. The van der Waals surface area contributed by atoms with E-state index in [1.807, 2.05) is 0 Å². The molecule has 0 spiro atoms. The molecule has 0 aliphatic rings. The summed E-state index contributed by atoms with van der Waals surface area (Å²) in [5.74, 6) is -2.91. The van der Waals surface area contributed by atoms with Crippen LogP contribution in [0.1, 0.15) is 12.0 Å². The Bertz CT molecular complexity index is 238. The molecule has 3 nitrogen and oxygen atoms in total. The van der Waals surface area contributed by atoms with Crippen LogP contribution in [0.5, 0.6) is 0 Å². The van der Waals surface area contributed by atoms with Crippen molar-refractivity contribution >= 4 is 0 Å². The highest BCUT2D eigenvalue weighted by molar-refractivity contribution is 5.10. The molecule has 0 atom stereocenters. The van der Waals surface area contributed by atoms with Gasteiger partial charge in [-0.3, -0.25) is 0 Å². The fourth-order valence-electron chi connectivity index (χ4n) is 0.814. The molecular weight excluding hydrogens is 164 g/mol. The average Bonchev–Trinajstić information content (AvgIpc) is 2.06. The van der Waals surface area contributed by atoms with Gasteiger partial charge in [0.15, 0.2) is 0 Å². The van der Waals surface area contributed by atoms with Gasteiger partial charge < -0.3 is 5.73 Å². The van der Waals surface area contributed by atoms with Gasteiger partial charge in [-0.2, -0.15) is 0 Å². The highest BCUT2D eigenvalue weighted by Gasteiger charge is 2.30. The molecule has 0 bridgehead atoms. The van der Waals surface area contributed by atoms with Gasteiger partial charge in [-0.05, 0) is 6.54 Å². The zero-order valence-corrected chi connectivity index (χ0v) is 6.37. The average molecular weight is 173 g/mol. The minimum atomic E-state index is -2.91. The fraction of sp³-hybridized carbons (Fsp3) is 0.429. The van der Waals surface area contributed by atoms with Crippen LogP contribution >= 0.6 is 0 Å². The van der Waals surface area contributed by atoms with Crippen LogP contribution in [0.15, 0.2) is 18.7 Å². The molecule has 2 N–H and O–H groups in total. The molecule has 0 fully saturated rings. The molecule has 0 unspecified atom stereocenters. The maximum atomic E-state index is 13.0. The Morgan fingerprint density at radius 2 is 1.92 bits per heavy atom. The van der Waals surface area contributed by atoms with E-state index in [2.05, 4.69) is 9.97 Å². The third-order valence-corrected chi connectivity index (χ3v) is 1.44. The number of halogens is 2. The van der Waals surface area contributed by atoms with Crippen molar-refractivity contribution in [1.82, 2.24) is 9.97 Å². The van der Waals surface area contributed by atoms with Gasteiger partial charge in [0.25, 0.3) is 5.92 Å². The summed E-state index contributed by atoms with van der Waals surface area (Å²) < 4.78 is 26.0. The van der Waals surface area contributed by atoms with Crippen molar-refractivity contribution in [3.63, 3.8) is 0 Å². The number of hydrogen-bond donors (Lipinski definition) is 1. The molecule has 0 amide bonds. The van der Waals surface area contributed by atoms with Crippen molar-refractivity contribution in [3.8, 4) is 0 Å². The van der Waals surface area contributed by atoms with Gasteiger partial charge in [-0.25, -0.2) is 18.7 Å². The van der Waals surface area contributed by atoms with Crippen LogP contribution in [-0.2, 0) is 5.92 Å². The minimum Gasteiger partial charge on any atom is -0.330 e. The summed E-state index contributed by atoms with van der Waals surface area (Å²) in [4.78, 5) is 7.00. The number of nitrogens with zero attached hydrogens (tertiary/aromatic N) is 2. The Balaban J connectivity index is 2.82. The summed E-state index contributed by atoms with van der Waals surface area (Å²) in [6, 6.07) is 0. The lowest BCUT2D eigenvalue weighted by Crippen LogP contribution is -2.18. The second kappa shape index (κ2) is 3.53. The molecule has 1 heterocycles. The van der Waals surface area contributed by atoms with Gasteiger partial charge in [-0.1, -0.05) is 0 Å². The van der Waals surface area contributed by atoms with Crippen molar-refractivity contribution in [1.29, 1.82) is 0 Å². The quantitative estimate of drug-likeness (QED) is 0.739. The second-order valence-electron chi connectivity index (χ2n) is 2.37. The molecule has 0 saturated heterocycles. The molecule has 0 aliphatic carbocycles. The summed E-state index contributed by atoms with van der Waals surface area (Å²) in [5, 5.41) is 0. The van der Waals surface area contributed by atoms with Crippen molar-refractivity contribution in [2.24, 2.45) is 5.73 Å². The van der Waals surface area contributed by atoms with Crippen molar-refractivity contribution in [3.05, 3.63) is 24.3 Å². The fourth-order valence-corrected chi connectivity index (χ4v) is 0.814. The van der Waals surface area contributed by atoms with Crippen LogP contribution < -0.4 is 5.73 Å². The zero-order chi connectivity index (χ0) is 9.03. The predicted octanol–water partition coefficient (Wildman–Crippen LogP) is 0.917. The predicted molar refractivity (Wildman–Crippen MR) is 39.6 cm³/mol. The molecule has 5 heteroatoms. The zero-order valence-electron chi connectivity index (χ0n) is 6.37. The van der Waals surface area contributed by atoms with Crippen molar-refractivity contribution in [2.45, 2.75) is 12.3 Å². The normalized spacial score (nSPS) is 11.6. The van der Waals surface area contributed by atoms with E-state index >= 15 is 0 Å². The van der Waals surface area contributed by atoms with Gasteiger partial charge in [0.05, 0.1) is 5.56 Å². The Labute approximate surface area is 68.6 Å². The highest BCUT2D eigenvalue weighted by atomic mass is 19.3. The smallest absolute Gasteiger partial charge is 0.277 e. The maximum Gasteiger partial charge on any atom is 0.277 e. The highest BCUT2D eigenvalue weighted by Crippen LogP contribution is 2.29. The van der Waals surface area contributed by atoms with Crippen LogP contribution in [0.4, 0.5) is 8.78 Å². The summed E-state index contributed by atoms with van der Waals surface area (Å²) in [5.41, 5.74) is 4.85. The third-order valence-electron chi connectivity index (χ3n) is 1.44. The van der Waals surface area contributed by atoms with Crippen LogP contribution in [0.3, 0.4) is 0 Å². The third kappa shape index (κ3) is 1.94. The molecule has 1 aromatic rings. The first-order valence-electron chi connectivity index (χ1n) is 3.50. The first-order valence-corrected chi connectivity index (χ1v) is 3.50. The SMILES string of the molecule is NCCC(F)(F)c1cncnc1. The van der Waals surface area contributed by atoms with Gasteiger partial charge in [-0.15, -0.1) is 0 Å². The largest absolute Gasteiger partial charge is 0.330 e. The number of hydrogen-bond acceptors (Lipinski definition) is 3. The van der Waals surface area contributed by atoms with E-state index in [0.717, 1.165) is 12.4 Å². The summed E-state index contributed by atoms with van der Waals surface area (Å²) >= 11 is 0. The molecule has 0 aliphatic heterocycles. The maximum absolute atomic E-state index is 13.0. The van der Waals surface area contributed by atoms with Crippen LogP contribution in [-0.4, -0.2) is 16.5 Å².